The van der Waals surface area contributed by atoms with Crippen LogP contribution in [0, 0.1) is 12.7 Å². The van der Waals surface area contributed by atoms with Gasteiger partial charge in [-0.2, -0.15) is 0 Å². The molecule has 0 bridgehead atoms. The smallest absolute Gasteiger partial charge is 0.254 e. The fraction of sp³-hybridized carbons (Fsp3) is 0.333. The summed E-state index contributed by atoms with van der Waals surface area (Å²) in [6.45, 7) is 3.43. The summed E-state index contributed by atoms with van der Waals surface area (Å²) < 4.78 is 13.5. The first-order valence-corrected chi connectivity index (χ1v) is 7.29. The SMILES string of the molecule is Cc1nc2c(c(=O)[nH]1)CCN(Cc1cc(F)c(O)c(Cl)c1)C2. The molecule has 0 saturated heterocycles. The standard InChI is InChI=1S/C15H15ClFN3O2/c1-8-18-13-7-20(3-2-10(13)15(22)19-8)6-9-4-11(16)14(21)12(17)5-9/h4-5,21H,2-3,6-7H2,1H3,(H,18,19,22). The predicted octanol–water partition coefficient (Wildman–Crippen LogP) is 2.13. The van der Waals surface area contributed by atoms with E-state index in [4.69, 9.17) is 11.6 Å². The zero-order valence-corrected chi connectivity index (χ0v) is 12.7. The van der Waals surface area contributed by atoms with Crippen molar-refractivity contribution in [3.63, 3.8) is 0 Å². The maximum Gasteiger partial charge on any atom is 0.254 e. The van der Waals surface area contributed by atoms with Crippen LogP contribution in [0.25, 0.3) is 0 Å². The number of aromatic hydroxyl groups is 1. The first-order valence-electron chi connectivity index (χ1n) is 6.92. The molecule has 1 aliphatic heterocycles. The maximum atomic E-state index is 13.5. The second-order valence-electron chi connectivity index (χ2n) is 5.45. The Morgan fingerprint density at radius 2 is 2.27 bits per heavy atom. The van der Waals surface area contributed by atoms with Gasteiger partial charge in [-0.05, 0) is 31.0 Å². The molecule has 2 heterocycles. The van der Waals surface area contributed by atoms with Gasteiger partial charge in [-0.15, -0.1) is 0 Å². The second-order valence-corrected chi connectivity index (χ2v) is 5.85. The molecule has 1 aromatic carbocycles. The molecule has 0 aliphatic carbocycles. The van der Waals surface area contributed by atoms with Gasteiger partial charge in [0.25, 0.3) is 5.56 Å². The van der Waals surface area contributed by atoms with Crippen LogP contribution in [0.1, 0.15) is 22.6 Å². The summed E-state index contributed by atoms with van der Waals surface area (Å²) in [5, 5.41) is 9.36. The number of fused-ring (bicyclic) bond motifs is 1. The number of rotatable bonds is 2. The molecule has 1 aromatic heterocycles. The van der Waals surface area contributed by atoms with E-state index in [1.54, 1.807) is 13.0 Å². The molecule has 0 radical (unpaired) electrons. The zero-order chi connectivity index (χ0) is 15.9. The molecule has 22 heavy (non-hydrogen) atoms. The van der Waals surface area contributed by atoms with Crippen molar-refractivity contribution in [2.75, 3.05) is 6.54 Å². The van der Waals surface area contributed by atoms with E-state index in [1.807, 2.05) is 0 Å². The van der Waals surface area contributed by atoms with E-state index >= 15 is 0 Å². The number of nitrogens with zero attached hydrogens (tertiary/aromatic N) is 2. The van der Waals surface area contributed by atoms with E-state index in [9.17, 15) is 14.3 Å². The molecule has 2 N–H and O–H groups in total. The molecule has 0 atom stereocenters. The summed E-state index contributed by atoms with van der Waals surface area (Å²) in [4.78, 5) is 21.0. The number of hydrogen-bond donors (Lipinski definition) is 2. The van der Waals surface area contributed by atoms with Gasteiger partial charge in [0.2, 0.25) is 0 Å². The monoisotopic (exact) mass is 323 g/mol. The number of aromatic amines is 1. The van der Waals surface area contributed by atoms with Gasteiger partial charge in [-0.25, -0.2) is 9.37 Å². The number of phenolic OH excluding ortho intramolecular Hbond substituents is 1. The third-order valence-corrected chi connectivity index (χ3v) is 4.04. The van der Waals surface area contributed by atoms with E-state index in [-0.39, 0.29) is 10.6 Å². The third kappa shape index (κ3) is 2.84. The summed E-state index contributed by atoms with van der Waals surface area (Å²) in [5.41, 5.74) is 2.07. The van der Waals surface area contributed by atoms with Crippen molar-refractivity contribution in [2.24, 2.45) is 0 Å². The number of halogens is 2. The van der Waals surface area contributed by atoms with E-state index in [2.05, 4.69) is 14.9 Å². The molecule has 3 rings (SSSR count). The Morgan fingerprint density at radius 1 is 1.50 bits per heavy atom. The number of aromatic nitrogens is 2. The molecule has 0 unspecified atom stereocenters. The number of phenols is 1. The van der Waals surface area contributed by atoms with Gasteiger partial charge in [0, 0.05) is 25.2 Å². The Kier molecular flexibility index (Phi) is 3.88. The summed E-state index contributed by atoms with van der Waals surface area (Å²) >= 11 is 5.79. The van der Waals surface area contributed by atoms with Gasteiger partial charge in [0.1, 0.15) is 5.82 Å². The maximum absolute atomic E-state index is 13.5. The molecule has 2 aromatic rings. The van der Waals surface area contributed by atoms with Gasteiger partial charge in [0.05, 0.1) is 10.7 Å². The molecule has 116 valence electrons. The Bertz CT molecular complexity index is 768. The van der Waals surface area contributed by atoms with Crippen LogP contribution in [-0.2, 0) is 19.5 Å². The van der Waals surface area contributed by atoms with Crippen LogP contribution < -0.4 is 5.56 Å². The first kappa shape index (κ1) is 15.0. The highest BCUT2D eigenvalue weighted by atomic mass is 35.5. The van der Waals surface area contributed by atoms with Crippen molar-refractivity contribution in [1.82, 2.24) is 14.9 Å². The van der Waals surface area contributed by atoms with Crippen molar-refractivity contribution in [3.05, 3.63) is 56.0 Å². The number of benzene rings is 1. The Labute approximate surface area is 131 Å². The van der Waals surface area contributed by atoms with Gasteiger partial charge >= 0.3 is 0 Å². The van der Waals surface area contributed by atoms with Gasteiger partial charge in [0.15, 0.2) is 11.6 Å². The summed E-state index contributed by atoms with van der Waals surface area (Å²) in [6.07, 6.45) is 0.603. The molecular weight excluding hydrogens is 309 g/mol. The normalized spacial score (nSPS) is 14.9. The molecule has 5 nitrogen and oxygen atoms in total. The van der Waals surface area contributed by atoms with E-state index in [0.29, 0.717) is 37.4 Å². The lowest BCUT2D eigenvalue weighted by molar-refractivity contribution is 0.239. The molecular formula is C15H15ClFN3O2. The minimum absolute atomic E-state index is 0.00202. The van der Waals surface area contributed by atoms with Crippen LogP contribution in [0.5, 0.6) is 5.75 Å². The molecule has 1 aliphatic rings. The lowest BCUT2D eigenvalue weighted by atomic mass is 10.1. The molecule has 7 heteroatoms. The highest BCUT2D eigenvalue weighted by Crippen LogP contribution is 2.28. The first-order chi connectivity index (χ1) is 10.4. The quantitative estimate of drug-likeness (QED) is 0.888. The molecule has 0 amide bonds. The number of aryl methyl sites for hydroxylation is 1. The fourth-order valence-corrected chi connectivity index (χ4v) is 2.95. The number of H-pyrrole nitrogens is 1. The molecule has 0 spiro atoms. The Morgan fingerprint density at radius 3 is 3.00 bits per heavy atom. The fourth-order valence-electron chi connectivity index (χ4n) is 2.72. The topological polar surface area (TPSA) is 69.2 Å². The van der Waals surface area contributed by atoms with Crippen LogP contribution in [0.15, 0.2) is 16.9 Å². The summed E-state index contributed by atoms with van der Waals surface area (Å²) in [7, 11) is 0. The predicted molar refractivity (Wildman–Crippen MR) is 80.5 cm³/mol. The average molecular weight is 324 g/mol. The van der Waals surface area contributed by atoms with E-state index in [0.717, 1.165) is 11.3 Å². The zero-order valence-electron chi connectivity index (χ0n) is 12.0. The van der Waals surface area contributed by atoms with Crippen LogP contribution >= 0.6 is 11.6 Å². The minimum Gasteiger partial charge on any atom is -0.504 e. The highest BCUT2D eigenvalue weighted by molar-refractivity contribution is 6.32. The van der Waals surface area contributed by atoms with E-state index in [1.165, 1.54) is 6.07 Å². The van der Waals surface area contributed by atoms with Gasteiger partial charge in [-0.3, -0.25) is 9.69 Å². The number of nitrogens with one attached hydrogen (secondary N) is 1. The Balaban J connectivity index is 1.82. The van der Waals surface area contributed by atoms with Crippen molar-refractivity contribution in [2.45, 2.75) is 26.4 Å². The van der Waals surface area contributed by atoms with Crippen LogP contribution in [0.2, 0.25) is 5.02 Å². The van der Waals surface area contributed by atoms with Gasteiger partial charge < -0.3 is 10.1 Å². The second kappa shape index (κ2) is 5.70. The van der Waals surface area contributed by atoms with Crippen LogP contribution in [-0.4, -0.2) is 26.5 Å². The summed E-state index contributed by atoms with van der Waals surface area (Å²) in [6, 6.07) is 2.82. The number of hydrogen-bond acceptors (Lipinski definition) is 4. The molecule has 0 fully saturated rings. The lowest BCUT2D eigenvalue weighted by Gasteiger charge is -2.27. The van der Waals surface area contributed by atoms with Gasteiger partial charge in [-0.1, -0.05) is 11.6 Å². The van der Waals surface area contributed by atoms with E-state index < -0.39 is 11.6 Å². The minimum atomic E-state index is -0.731. The lowest BCUT2D eigenvalue weighted by Crippen LogP contribution is -2.35. The van der Waals surface area contributed by atoms with Crippen LogP contribution in [0.4, 0.5) is 4.39 Å². The van der Waals surface area contributed by atoms with Crippen molar-refractivity contribution < 1.29 is 9.50 Å². The average Bonchev–Trinajstić information content (AvgIpc) is 2.44. The largest absolute Gasteiger partial charge is 0.504 e. The van der Waals surface area contributed by atoms with Crippen molar-refractivity contribution >= 4 is 11.6 Å². The van der Waals surface area contributed by atoms with Crippen molar-refractivity contribution in [1.29, 1.82) is 0 Å². The van der Waals surface area contributed by atoms with Crippen LogP contribution in [0.3, 0.4) is 0 Å². The Hall–Kier alpha value is -1.92. The van der Waals surface area contributed by atoms with Crippen molar-refractivity contribution in [3.8, 4) is 5.75 Å². The third-order valence-electron chi connectivity index (χ3n) is 3.75. The highest BCUT2D eigenvalue weighted by Gasteiger charge is 2.21. The summed E-state index contributed by atoms with van der Waals surface area (Å²) in [5.74, 6) is -0.673. The molecule has 0 saturated carbocycles.